The first-order valence-electron chi connectivity index (χ1n) is 6.38. The number of hydrogen-bond donors (Lipinski definition) is 0. The van der Waals surface area contributed by atoms with Gasteiger partial charge in [0.25, 0.3) is 0 Å². The molecule has 0 bridgehead atoms. The Balaban J connectivity index is 0.00000220. The molecule has 0 amide bonds. The summed E-state index contributed by atoms with van der Waals surface area (Å²) in [6.45, 7) is 1.15. The fourth-order valence-corrected chi connectivity index (χ4v) is 1.66. The second-order valence-corrected chi connectivity index (χ2v) is 4.25. The average Bonchev–Trinajstić information content (AvgIpc) is 2.46. The maximum atomic E-state index is 7.68. The van der Waals surface area contributed by atoms with E-state index in [0.717, 1.165) is 11.1 Å². The minimum Gasteiger partial charge on any atom is -0.698 e. The van der Waals surface area contributed by atoms with Gasteiger partial charge in [0.1, 0.15) is 0 Å². The maximum absolute atomic E-state index is 7.68. The van der Waals surface area contributed by atoms with Gasteiger partial charge in [-0.3, -0.25) is 9.98 Å². The molecule has 2 rings (SSSR count). The van der Waals surface area contributed by atoms with E-state index in [0.29, 0.717) is 24.5 Å². The van der Waals surface area contributed by atoms with Crippen LogP contribution in [-0.4, -0.2) is 25.5 Å². The van der Waals surface area contributed by atoms with E-state index in [1.54, 1.807) is 24.6 Å². The molecular weight excluding hydrogens is 307 g/mol. The van der Waals surface area contributed by atoms with Gasteiger partial charge in [-0.15, -0.1) is 11.4 Å². The molecule has 5 heteroatoms. The van der Waals surface area contributed by atoms with Crippen LogP contribution >= 0.6 is 0 Å². The van der Waals surface area contributed by atoms with Crippen molar-refractivity contribution in [2.45, 2.75) is 0 Å². The molecule has 4 nitrogen and oxygen atoms in total. The van der Waals surface area contributed by atoms with E-state index in [2.05, 4.69) is 9.98 Å². The van der Waals surface area contributed by atoms with E-state index in [-0.39, 0.29) is 16.8 Å². The summed E-state index contributed by atoms with van der Waals surface area (Å²) in [4.78, 5) is 8.50. The summed E-state index contributed by atoms with van der Waals surface area (Å²) in [6.07, 6.45) is 3.41. The second-order valence-electron chi connectivity index (χ2n) is 4.25. The van der Waals surface area contributed by atoms with Gasteiger partial charge in [0.2, 0.25) is 0 Å². The molecule has 0 aromatic heterocycles. The van der Waals surface area contributed by atoms with Crippen LogP contribution in [0.25, 0.3) is 11.5 Å². The molecule has 0 fully saturated rings. The zero-order valence-corrected chi connectivity index (χ0v) is 12.5. The SMILES string of the molecule is [Co+2].[NH-]c1ccccc1C=NCCN=Cc1ccccc1[NH-]. The third kappa shape index (κ3) is 5.41. The van der Waals surface area contributed by atoms with Crippen LogP contribution in [0.4, 0.5) is 11.4 Å². The van der Waals surface area contributed by atoms with Crippen LogP contribution in [0.1, 0.15) is 11.1 Å². The van der Waals surface area contributed by atoms with Crippen molar-refractivity contribution >= 4 is 23.8 Å². The molecule has 0 unspecified atom stereocenters. The first kappa shape index (κ1) is 16.9. The zero-order chi connectivity index (χ0) is 14.2. The predicted octanol–water partition coefficient (Wildman–Crippen LogP) is 4.59. The Bertz CT molecular complexity index is 568. The van der Waals surface area contributed by atoms with Crippen LogP contribution in [0, 0.1) is 0 Å². The molecule has 2 aromatic carbocycles. The molecule has 0 aliphatic carbocycles. The number of nitrogens with zero attached hydrogens (tertiary/aromatic N) is 2. The van der Waals surface area contributed by atoms with Crippen molar-refractivity contribution in [3.63, 3.8) is 0 Å². The normalized spacial score (nSPS) is 10.9. The van der Waals surface area contributed by atoms with Gasteiger partial charge >= 0.3 is 16.8 Å². The van der Waals surface area contributed by atoms with Gasteiger partial charge < -0.3 is 11.5 Å². The Labute approximate surface area is 135 Å². The first-order chi connectivity index (χ1) is 9.77. The smallest absolute Gasteiger partial charge is 0.698 e. The Hall–Kier alpha value is -2.11. The fraction of sp³-hybridized carbons (Fsp3) is 0.125. The molecule has 0 saturated heterocycles. The van der Waals surface area contributed by atoms with Crippen molar-refractivity contribution in [2.24, 2.45) is 9.98 Å². The molecule has 0 atom stereocenters. The summed E-state index contributed by atoms with van der Waals surface area (Å²) in [5.74, 6) is 0. The minimum atomic E-state index is 0. The van der Waals surface area contributed by atoms with Crippen molar-refractivity contribution in [1.29, 1.82) is 0 Å². The van der Waals surface area contributed by atoms with Crippen molar-refractivity contribution in [3.8, 4) is 0 Å². The van der Waals surface area contributed by atoms with Crippen LogP contribution in [0.3, 0.4) is 0 Å². The molecule has 1 radical (unpaired) electrons. The Kier molecular flexibility index (Phi) is 7.21. The van der Waals surface area contributed by atoms with Gasteiger partial charge in [-0.1, -0.05) is 48.5 Å². The van der Waals surface area contributed by atoms with E-state index < -0.39 is 0 Å². The Morgan fingerprint density at radius 3 is 1.48 bits per heavy atom. The van der Waals surface area contributed by atoms with Gasteiger partial charge in [0, 0.05) is 12.4 Å². The number of benzene rings is 2. The first-order valence-corrected chi connectivity index (χ1v) is 6.38. The topological polar surface area (TPSA) is 72.3 Å². The van der Waals surface area contributed by atoms with Crippen molar-refractivity contribution < 1.29 is 16.8 Å². The summed E-state index contributed by atoms with van der Waals surface area (Å²) < 4.78 is 0. The molecule has 0 aliphatic rings. The minimum absolute atomic E-state index is 0. The number of rotatable bonds is 5. The van der Waals surface area contributed by atoms with E-state index in [1.807, 2.05) is 36.4 Å². The third-order valence-electron chi connectivity index (χ3n) is 2.74. The maximum Gasteiger partial charge on any atom is 2.00 e. The Morgan fingerprint density at radius 2 is 1.10 bits per heavy atom. The molecule has 2 aromatic rings. The van der Waals surface area contributed by atoms with E-state index in [4.69, 9.17) is 11.5 Å². The van der Waals surface area contributed by atoms with E-state index in [1.165, 1.54) is 0 Å². The van der Waals surface area contributed by atoms with Crippen LogP contribution < -0.4 is 0 Å². The molecule has 0 aliphatic heterocycles. The molecule has 2 N–H and O–H groups in total. The van der Waals surface area contributed by atoms with Gasteiger partial charge in [-0.05, 0) is 11.1 Å². The molecule has 0 spiro atoms. The number of aliphatic imine (C=N–C) groups is 2. The molecular formula is C16H16CoN4. The monoisotopic (exact) mass is 323 g/mol. The van der Waals surface area contributed by atoms with E-state index in [9.17, 15) is 0 Å². The molecule has 0 saturated carbocycles. The van der Waals surface area contributed by atoms with Gasteiger partial charge in [-0.2, -0.15) is 0 Å². The third-order valence-corrected chi connectivity index (χ3v) is 2.74. The summed E-state index contributed by atoms with van der Waals surface area (Å²) in [5.41, 5.74) is 17.9. The average molecular weight is 323 g/mol. The summed E-state index contributed by atoms with van der Waals surface area (Å²) >= 11 is 0. The Morgan fingerprint density at radius 1 is 0.714 bits per heavy atom. The van der Waals surface area contributed by atoms with Gasteiger partial charge in [0.15, 0.2) is 0 Å². The summed E-state index contributed by atoms with van der Waals surface area (Å²) in [7, 11) is 0. The van der Waals surface area contributed by atoms with Crippen molar-refractivity contribution in [1.82, 2.24) is 0 Å². The molecule has 0 heterocycles. The zero-order valence-electron chi connectivity index (χ0n) is 11.4. The number of nitrogens with one attached hydrogen (secondary N) is 2. The molecule has 21 heavy (non-hydrogen) atoms. The van der Waals surface area contributed by atoms with E-state index >= 15 is 0 Å². The van der Waals surface area contributed by atoms with Crippen molar-refractivity contribution in [2.75, 3.05) is 13.1 Å². The van der Waals surface area contributed by atoms with Crippen LogP contribution in [-0.2, 0) is 16.8 Å². The van der Waals surface area contributed by atoms with Crippen LogP contribution in [0.2, 0.25) is 0 Å². The fourth-order valence-electron chi connectivity index (χ4n) is 1.66. The van der Waals surface area contributed by atoms with Crippen LogP contribution in [0.15, 0.2) is 58.5 Å². The van der Waals surface area contributed by atoms with Gasteiger partial charge in [-0.25, -0.2) is 0 Å². The van der Waals surface area contributed by atoms with Gasteiger partial charge in [0.05, 0.1) is 13.1 Å². The largest absolute Gasteiger partial charge is 2.00 e. The second kappa shape index (κ2) is 8.94. The quantitative estimate of drug-likeness (QED) is 0.570. The standard InChI is InChI=1S/C16H16N4.Co/c17-15-7-3-1-5-13(15)11-19-9-10-20-12-14-6-2-4-8-16(14)18;/h1-8,11-12,17-18H,9-10H2;/q-2;+2. The van der Waals surface area contributed by atoms with Crippen molar-refractivity contribution in [3.05, 3.63) is 71.1 Å². The summed E-state index contributed by atoms with van der Waals surface area (Å²) in [6, 6.07) is 14.7. The molecule has 109 valence electrons. The predicted molar refractivity (Wildman–Crippen MR) is 85.8 cm³/mol. The summed E-state index contributed by atoms with van der Waals surface area (Å²) in [5, 5.41) is 0. The van der Waals surface area contributed by atoms with Crippen LogP contribution in [0.5, 0.6) is 0 Å². The number of hydrogen-bond acceptors (Lipinski definition) is 2.